The van der Waals surface area contributed by atoms with Crippen molar-refractivity contribution in [1.82, 2.24) is 0 Å². The van der Waals surface area contributed by atoms with Crippen molar-refractivity contribution in [2.24, 2.45) is 5.92 Å². The molecular weight excluding hydrogens is 240 g/mol. The van der Waals surface area contributed by atoms with Gasteiger partial charge in [-0.25, -0.2) is 8.42 Å². The van der Waals surface area contributed by atoms with Crippen LogP contribution in [0.25, 0.3) is 0 Å². The summed E-state index contributed by atoms with van der Waals surface area (Å²) in [7, 11) is -3.59. The van der Waals surface area contributed by atoms with Gasteiger partial charge in [0, 0.05) is 0 Å². The van der Waals surface area contributed by atoms with Crippen molar-refractivity contribution < 1.29 is 18.3 Å². The molecule has 0 aromatic heterocycles. The number of hydrogen-bond acceptors (Lipinski definition) is 3. The van der Waals surface area contributed by atoms with Crippen LogP contribution in [0.5, 0.6) is 0 Å². The second-order valence-corrected chi connectivity index (χ2v) is 6.50. The zero-order valence-electron chi connectivity index (χ0n) is 10.0. The van der Waals surface area contributed by atoms with Crippen molar-refractivity contribution in [3.05, 3.63) is 29.8 Å². The van der Waals surface area contributed by atoms with Crippen LogP contribution in [0.3, 0.4) is 0 Å². The van der Waals surface area contributed by atoms with E-state index in [0.29, 0.717) is 0 Å². The lowest BCUT2D eigenvalue weighted by Crippen LogP contribution is -2.30. The van der Waals surface area contributed by atoms with Gasteiger partial charge in [-0.05, 0) is 31.5 Å². The Labute approximate surface area is 101 Å². The second-order valence-electron chi connectivity index (χ2n) is 4.19. The predicted octanol–water partition coefficient (Wildman–Crippen LogP) is 1.88. The molecule has 0 fully saturated rings. The first kappa shape index (κ1) is 13.7. The van der Waals surface area contributed by atoms with Crippen LogP contribution < -0.4 is 0 Å². The van der Waals surface area contributed by atoms with Gasteiger partial charge in [0.25, 0.3) is 0 Å². The summed E-state index contributed by atoms with van der Waals surface area (Å²) in [4.78, 5) is 11.0. The van der Waals surface area contributed by atoms with Crippen molar-refractivity contribution in [3.63, 3.8) is 0 Å². The maximum absolute atomic E-state index is 12.2. The van der Waals surface area contributed by atoms with Gasteiger partial charge in [-0.1, -0.05) is 19.1 Å². The summed E-state index contributed by atoms with van der Waals surface area (Å²) in [5, 5.41) is 7.91. The summed E-state index contributed by atoms with van der Waals surface area (Å²) < 4.78 is 24.3. The number of carbonyl (C=O) groups is 1. The first-order valence-electron chi connectivity index (χ1n) is 5.30. The molecule has 0 aliphatic rings. The minimum absolute atomic E-state index is 0.179. The fraction of sp³-hybridized carbons (Fsp3) is 0.417. The molecule has 0 saturated carbocycles. The first-order valence-corrected chi connectivity index (χ1v) is 6.85. The van der Waals surface area contributed by atoms with E-state index in [2.05, 4.69) is 0 Å². The summed E-state index contributed by atoms with van der Waals surface area (Å²) in [6.45, 7) is 4.63. The average molecular weight is 256 g/mol. The van der Waals surface area contributed by atoms with Gasteiger partial charge >= 0.3 is 5.97 Å². The Balaban J connectivity index is 3.16. The zero-order chi connectivity index (χ0) is 13.2. The summed E-state index contributed by atoms with van der Waals surface area (Å²) in [5.41, 5.74) is 0.834. The molecule has 2 unspecified atom stereocenters. The summed E-state index contributed by atoms with van der Waals surface area (Å²) in [6.07, 6.45) is 0. The summed E-state index contributed by atoms with van der Waals surface area (Å²) >= 11 is 0. The lowest BCUT2D eigenvalue weighted by atomic mass is 10.1. The molecule has 1 rings (SSSR count). The minimum Gasteiger partial charge on any atom is -0.481 e. The molecule has 0 spiro atoms. The van der Waals surface area contributed by atoms with Crippen LogP contribution in [-0.4, -0.2) is 24.7 Å². The van der Waals surface area contributed by atoms with Crippen LogP contribution in [0, 0.1) is 12.8 Å². The Morgan fingerprint density at radius 2 is 1.88 bits per heavy atom. The summed E-state index contributed by atoms with van der Waals surface area (Å²) in [5.74, 6) is -2.03. The fourth-order valence-corrected chi connectivity index (χ4v) is 3.18. The lowest BCUT2D eigenvalue weighted by molar-refractivity contribution is -0.141. The molecular formula is C12H16O4S. The van der Waals surface area contributed by atoms with Gasteiger partial charge in [-0.15, -0.1) is 0 Å². The molecule has 1 aromatic rings. The molecule has 0 aliphatic carbocycles. The van der Waals surface area contributed by atoms with E-state index in [1.807, 2.05) is 0 Å². The molecule has 0 amide bonds. The average Bonchev–Trinajstić information content (AvgIpc) is 2.26. The monoisotopic (exact) mass is 256 g/mol. The van der Waals surface area contributed by atoms with E-state index in [1.54, 1.807) is 25.1 Å². The van der Waals surface area contributed by atoms with Crippen molar-refractivity contribution in [2.45, 2.75) is 30.9 Å². The predicted molar refractivity (Wildman–Crippen MR) is 64.6 cm³/mol. The van der Waals surface area contributed by atoms with E-state index in [9.17, 15) is 13.2 Å². The largest absolute Gasteiger partial charge is 0.481 e. The maximum Gasteiger partial charge on any atom is 0.307 e. The number of rotatable bonds is 4. The molecule has 17 heavy (non-hydrogen) atoms. The smallest absolute Gasteiger partial charge is 0.307 e. The molecule has 4 nitrogen and oxygen atoms in total. The first-order chi connectivity index (χ1) is 7.76. The van der Waals surface area contributed by atoms with E-state index in [1.165, 1.54) is 19.9 Å². The normalized spacial score (nSPS) is 15.2. The van der Waals surface area contributed by atoms with Gasteiger partial charge in [-0.2, -0.15) is 0 Å². The molecule has 0 saturated heterocycles. The quantitative estimate of drug-likeness (QED) is 0.892. The third kappa shape index (κ3) is 2.85. The van der Waals surface area contributed by atoms with Gasteiger partial charge in [0.2, 0.25) is 0 Å². The third-order valence-corrected chi connectivity index (χ3v) is 5.20. The molecule has 0 bridgehead atoms. The van der Waals surface area contributed by atoms with Crippen LogP contribution in [-0.2, 0) is 14.6 Å². The number of aliphatic carboxylic acids is 1. The maximum atomic E-state index is 12.2. The van der Waals surface area contributed by atoms with Crippen molar-refractivity contribution in [1.29, 1.82) is 0 Å². The third-order valence-electron chi connectivity index (χ3n) is 2.90. The van der Waals surface area contributed by atoms with E-state index >= 15 is 0 Å². The number of aryl methyl sites for hydroxylation is 1. The second kappa shape index (κ2) is 4.87. The number of hydrogen-bond donors (Lipinski definition) is 1. The summed E-state index contributed by atoms with van der Waals surface area (Å²) in [6, 6.07) is 6.50. The molecule has 0 heterocycles. The van der Waals surface area contributed by atoms with Crippen LogP contribution in [0.4, 0.5) is 0 Å². The van der Waals surface area contributed by atoms with E-state index in [0.717, 1.165) is 5.56 Å². The molecule has 1 N–H and O–H groups in total. The molecule has 1 aromatic carbocycles. The highest BCUT2D eigenvalue weighted by atomic mass is 32.2. The van der Waals surface area contributed by atoms with Crippen molar-refractivity contribution in [2.75, 3.05) is 0 Å². The van der Waals surface area contributed by atoms with Gasteiger partial charge in [0.05, 0.1) is 16.1 Å². The minimum atomic E-state index is -3.59. The van der Waals surface area contributed by atoms with Crippen LogP contribution in [0.2, 0.25) is 0 Å². The fourth-order valence-electron chi connectivity index (χ4n) is 1.48. The molecule has 5 heteroatoms. The Morgan fingerprint density at radius 1 is 1.29 bits per heavy atom. The Bertz CT molecular complexity index is 519. The van der Waals surface area contributed by atoms with Crippen molar-refractivity contribution >= 4 is 15.8 Å². The van der Waals surface area contributed by atoms with E-state index in [4.69, 9.17) is 5.11 Å². The standard InChI is InChI=1S/C12H16O4S/c1-8-5-4-6-11(7-8)17(15,16)10(3)9(2)12(13)14/h4-7,9-10H,1-3H3,(H,13,14). The Kier molecular flexibility index (Phi) is 3.93. The molecule has 94 valence electrons. The Morgan fingerprint density at radius 3 is 2.35 bits per heavy atom. The van der Waals surface area contributed by atoms with Gasteiger partial charge < -0.3 is 5.11 Å². The van der Waals surface area contributed by atoms with Crippen LogP contribution >= 0.6 is 0 Å². The lowest BCUT2D eigenvalue weighted by Gasteiger charge is -2.17. The number of sulfone groups is 1. The highest BCUT2D eigenvalue weighted by Crippen LogP contribution is 2.22. The molecule has 0 aliphatic heterocycles. The molecule has 2 atom stereocenters. The van der Waals surface area contributed by atoms with Gasteiger partial charge in [0.1, 0.15) is 0 Å². The number of benzene rings is 1. The molecule has 0 radical (unpaired) electrons. The topological polar surface area (TPSA) is 71.4 Å². The number of carboxylic acid groups (broad SMARTS) is 1. The van der Waals surface area contributed by atoms with Gasteiger partial charge in [0.15, 0.2) is 9.84 Å². The highest BCUT2D eigenvalue weighted by Gasteiger charge is 2.32. The highest BCUT2D eigenvalue weighted by molar-refractivity contribution is 7.92. The van der Waals surface area contributed by atoms with Crippen molar-refractivity contribution in [3.8, 4) is 0 Å². The number of carboxylic acids is 1. The zero-order valence-corrected chi connectivity index (χ0v) is 10.9. The van der Waals surface area contributed by atoms with Crippen LogP contribution in [0.1, 0.15) is 19.4 Å². The van der Waals surface area contributed by atoms with E-state index in [-0.39, 0.29) is 4.90 Å². The van der Waals surface area contributed by atoms with Gasteiger partial charge in [-0.3, -0.25) is 4.79 Å². The SMILES string of the molecule is Cc1cccc(S(=O)(=O)C(C)C(C)C(=O)O)c1. The van der Waals surface area contributed by atoms with E-state index < -0.39 is 27.0 Å². The Hall–Kier alpha value is -1.36. The van der Waals surface area contributed by atoms with Crippen LogP contribution in [0.15, 0.2) is 29.2 Å².